The molecule has 1 unspecified atom stereocenters. The van der Waals surface area contributed by atoms with Crippen LogP contribution in [-0.2, 0) is 0 Å². The summed E-state index contributed by atoms with van der Waals surface area (Å²) in [6.07, 6.45) is 0.593. The second-order valence-corrected chi connectivity index (χ2v) is 4.03. The Hall–Kier alpha value is -1.15. The molecule has 0 amide bonds. The molecule has 2 heteroatoms. The summed E-state index contributed by atoms with van der Waals surface area (Å²) >= 11 is 0. The number of ketones is 1. The first kappa shape index (κ1) is 9.41. The molecule has 0 spiro atoms. The molecule has 1 aliphatic carbocycles. The molecule has 1 aromatic rings. The molecule has 14 heavy (non-hydrogen) atoms. The van der Waals surface area contributed by atoms with Gasteiger partial charge >= 0.3 is 0 Å². The molecule has 1 aromatic carbocycles. The predicted molar refractivity (Wildman–Crippen MR) is 56.7 cm³/mol. The van der Waals surface area contributed by atoms with Gasteiger partial charge in [-0.2, -0.15) is 0 Å². The van der Waals surface area contributed by atoms with Gasteiger partial charge in [0, 0.05) is 17.9 Å². The van der Waals surface area contributed by atoms with Crippen LogP contribution in [0.25, 0.3) is 0 Å². The average molecular weight is 189 g/mol. The van der Waals surface area contributed by atoms with Gasteiger partial charge in [-0.25, -0.2) is 0 Å². The van der Waals surface area contributed by atoms with Crippen LogP contribution in [0, 0.1) is 13.8 Å². The van der Waals surface area contributed by atoms with Crippen molar-refractivity contribution in [1.29, 1.82) is 0 Å². The molecule has 0 aliphatic heterocycles. The molecule has 0 radical (unpaired) electrons. The van der Waals surface area contributed by atoms with Crippen molar-refractivity contribution in [2.24, 2.45) is 5.73 Å². The first-order valence-corrected chi connectivity index (χ1v) is 4.98. The molecule has 2 N–H and O–H groups in total. The van der Waals surface area contributed by atoms with E-state index in [4.69, 9.17) is 5.73 Å². The van der Waals surface area contributed by atoms with Crippen LogP contribution >= 0.6 is 0 Å². The highest BCUT2D eigenvalue weighted by molar-refractivity contribution is 6.01. The minimum Gasteiger partial charge on any atom is -0.330 e. The van der Waals surface area contributed by atoms with Crippen molar-refractivity contribution >= 4 is 5.78 Å². The summed E-state index contributed by atoms with van der Waals surface area (Å²) in [6, 6.07) is 3.96. The van der Waals surface area contributed by atoms with E-state index in [2.05, 4.69) is 13.8 Å². The van der Waals surface area contributed by atoms with Crippen LogP contribution in [0.1, 0.15) is 39.4 Å². The topological polar surface area (TPSA) is 43.1 Å². The molecule has 1 atom stereocenters. The van der Waals surface area contributed by atoms with Gasteiger partial charge in [0.15, 0.2) is 5.78 Å². The molecule has 2 nitrogen and oxygen atoms in total. The molecule has 0 aromatic heterocycles. The maximum Gasteiger partial charge on any atom is 0.163 e. The summed E-state index contributed by atoms with van der Waals surface area (Å²) in [6.45, 7) is 4.73. The Bertz CT molecular complexity index is 396. The predicted octanol–water partition coefficient (Wildman–Crippen LogP) is 1.93. The zero-order chi connectivity index (χ0) is 10.3. The van der Waals surface area contributed by atoms with Crippen molar-refractivity contribution in [3.63, 3.8) is 0 Å². The first-order valence-electron chi connectivity index (χ1n) is 4.98. The van der Waals surface area contributed by atoms with Crippen LogP contribution in [0.3, 0.4) is 0 Å². The number of hydrogen-bond donors (Lipinski definition) is 1. The van der Waals surface area contributed by atoms with E-state index in [-0.39, 0.29) is 11.7 Å². The number of carbonyl (C=O) groups is 1. The lowest BCUT2D eigenvalue weighted by atomic mass is 9.94. The van der Waals surface area contributed by atoms with Crippen molar-refractivity contribution in [3.8, 4) is 0 Å². The quantitative estimate of drug-likeness (QED) is 0.733. The Morgan fingerprint density at radius 2 is 2.14 bits per heavy atom. The third-order valence-corrected chi connectivity index (χ3v) is 3.21. The normalized spacial score (nSPS) is 19.9. The third-order valence-electron chi connectivity index (χ3n) is 3.21. The SMILES string of the molecule is Cc1ccc2c(c1C)C(CN)CC2=O. The van der Waals surface area contributed by atoms with Crippen LogP contribution in [-0.4, -0.2) is 12.3 Å². The van der Waals surface area contributed by atoms with Gasteiger partial charge in [0.05, 0.1) is 0 Å². The number of benzene rings is 1. The van der Waals surface area contributed by atoms with Crippen molar-refractivity contribution < 1.29 is 4.79 Å². The van der Waals surface area contributed by atoms with Gasteiger partial charge in [0.1, 0.15) is 0 Å². The van der Waals surface area contributed by atoms with Gasteiger partial charge in [-0.05, 0) is 37.1 Å². The standard InChI is InChI=1S/C12H15NO/c1-7-3-4-10-11(14)5-9(6-13)12(10)8(7)2/h3-4,9H,5-6,13H2,1-2H3. The molecule has 0 bridgehead atoms. The fourth-order valence-corrected chi connectivity index (χ4v) is 2.24. The highest BCUT2D eigenvalue weighted by atomic mass is 16.1. The maximum absolute atomic E-state index is 11.6. The molecule has 0 saturated carbocycles. The van der Waals surface area contributed by atoms with Gasteiger partial charge in [-0.15, -0.1) is 0 Å². The van der Waals surface area contributed by atoms with Gasteiger partial charge < -0.3 is 5.73 Å². The van der Waals surface area contributed by atoms with E-state index >= 15 is 0 Å². The lowest BCUT2D eigenvalue weighted by Crippen LogP contribution is -2.11. The average Bonchev–Trinajstić information content (AvgIpc) is 2.50. The Morgan fingerprint density at radius 1 is 1.43 bits per heavy atom. The zero-order valence-corrected chi connectivity index (χ0v) is 8.63. The molecule has 0 fully saturated rings. The number of nitrogens with two attached hydrogens (primary N) is 1. The van der Waals surface area contributed by atoms with Gasteiger partial charge in [-0.1, -0.05) is 12.1 Å². The minimum atomic E-state index is 0.248. The highest BCUT2D eigenvalue weighted by Gasteiger charge is 2.29. The van der Waals surface area contributed by atoms with Crippen molar-refractivity contribution in [1.82, 2.24) is 0 Å². The molecular weight excluding hydrogens is 174 g/mol. The molecule has 74 valence electrons. The second kappa shape index (κ2) is 3.21. The summed E-state index contributed by atoms with van der Waals surface area (Å²) in [5.74, 6) is 0.496. The van der Waals surface area contributed by atoms with Crippen molar-refractivity contribution in [2.45, 2.75) is 26.2 Å². The first-order chi connectivity index (χ1) is 6.65. The van der Waals surface area contributed by atoms with Crippen LogP contribution < -0.4 is 5.73 Å². The number of aryl methyl sites for hydroxylation is 1. The molecule has 0 heterocycles. The summed E-state index contributed by atoms with van der Waals surface area (Å²) < 4.78 is 0. The Morgan fingerprint density at radius 3 is 2.79 bits per heavy atom. The number of fused-ring (bicyclic) bond motifs is 1. The fourth-order valence-electron chi connectivity index (χ4n) is 2.24. The fraction of sp³-hybridized carbons (Fsp3) is 0.417. The minimum absolute atomic E-state index is 0.248. The van der Waals surface area contributed by atoms with Crippen LogP contribution in [0.15, 0.2) is 12.1 Å². The van der Waals surface area contributed by atoms with Crippen molar-refractivity contribution in [2.75, 3.05) is 6.54 Å². The number of hydrogen-bond acceptors (Lipinski definition) is 2. The lowest BCUT2D eigenvalue weighted by Gasteiger charge is -2.12. The smallest absolute Gasteiger partial charge is 0.163 e. The summed E-state index contributed by atoms with van der Waals surface area (Å²) in [5, 5.41) is 0. The lowest BCUT2D eigenvalue weighted by molar-refractivity contribution is 0.0989. The monoisotopic (exact) mass is 189 g/mol. The highest BCUT2D eigenvalue weighted by Crippen LogP contribution is 2.35. The van der Waals surface area contributed by atoms with Crippen LogP contribution in [0.2, 0.25) is 0 Å². The number of carbonyl (C=O) groups excluding carboxylic acids is 1. The largest absolute Gasteiger partial charge is 0.330 e. The van der Waals surface area contributed by atoms with E-state index in [1.807, 2.05) is 12.1 Å². The summed E-state index contributed by atoms with van der Waals surface area (Å²) in [7, 11) is 0. The molecular formula is C12H15NO. The second-order valence-electron chi connectivity index (χ2n) is 4.03. The Kier molecular flexibility index (Phi) is 2.16. The number of Topliss-reactive ketones (excluding diaryl/α,β-unsaturated/α-hetero) is 1. The van der Waals surface area contributed by atoms with Crippen molar-refractivity contribution in [3.05, 3.63) is 34.4 Å². The molecule has 2 rings (SSSR count). The van der Waals surface area contributed by atoms with E-state index < -0.39 is 0 Å². The van der Waals surface area contributed by atoms with E-state index in [1.165, 1.54) is 16.7 Å². The van der Waals surface area contributed by atoms with Gasteiger partial charge in [0.2, 0.25) is 0 Å². The molecule has 1 aliphatic rings. The van der Waals surface area contributed by atoms with E-state index in [0.29, 0.717) is 13.0 Å². The van der Waals surface area contributed by atoms with Crippen LogP contribution in [0.5, 0.6) is 0 Å². The van der Waals surface area contributed by atoms with E-state index in [1.54, 1.807) is 0 Å². The molecule has 0 saturated heterocycles. The Balaban J connectivity index is 2.63. The van der Waals surface area contributed by atoms with Gasteiger partial charge in [-0.3, -0.25) is 4.79 Å². The van der Waals surface area contributed by atoms with Crippen LogP contribution in [0.4, 0.5) is 0 Å². The summed E-state index contributed by atoms with van der Waals surface area (Å²) in [5.41, 5.74) is 10.2. The zero-order valence-electron chi connectivity index (χ0n) is 8.63. The summed E-state index contributed by atoms with van der Waals surface area (Å²) in [4.78, 5) is 11.6. The van der Waals surface area contributed by atoms with E-state index in [9.17, 15) is 4.79 Å². The van der Waals surface area contributed by atoms with Gasteiger partial charge in [0.25, 0.3) is 0 Å². The Labute approximate surface area is 84.1 Å². The maximum atomic E-state index is 11.6. The number of rotatable bonds is 1. The van der Waals surface area contributed by atoms with E-state index in [0.717, 1.165) is 5.56 Å². The third kappa shape index (κ3) is 1.18.